The largest absolute Gasteiger partial charge is 0.450 e. The average molecular weight is 499 g/mol. The maximum atomic E-state index is 12.9. The van der Waals surface area contributed by atoms with Crippen molar-refractivity contribution in [3.8, 4) is 17.0 Å². The summed E-state index contributed by atoms with van der Waals surface area (Å²) in [7, 11) is 1.66. The van der Waals surface area contributed by atoms with E-state index in [-0.39, 0.29) is 22.8 Å². The van der Waals surface area contributed by atoms with Crippen molar-refractivity contribution in [1.29, 1.82) is 0 Å². The fraction of sp³-hybridized carbons (Fsp3) is 0.160. The molecule has 2 heterocycles. The van der Waals surface area contributed by atoms with Gasteiger partial charge in [-0.25, -0.2) is 9.48 Å². The third-order valence-corrected chi connectivity index (χ3v) is 5.43. The molecule has 2 aromatic heterocycles. The summed E-state index contributed by atoms with van der Waals surface area (Å²) in [6, 6.07) is 15.8. The number of hydrogen-bond acceptors (Lipinski definition) is 5. The van der Waals surface area contributed by atoms with Crippen molar-refractivity contribution in [1.82, 2.24) is 9.36 Å². The highest BCUT2D eigenvalue weighted by atomic mass is 19.4. The Bertz CT molecular complexity index is 1480. The first-order valence-corrected chi connectivity index (χ1v) is 10.6. The van der Waals surface area contributed by atoms with Gasteiger partial charge in [0.25, 0.3) is 11.5 Å². The molecule has 0 unspecified atom stereocenters. The van der Waals surface area contributed by atoms with E-state index in [1.54, 1.807) is 42.9 Å². The maximum absolute atomic E-state index is 12.9. The molecule has 0 aliphatic carbocycles. The van der Waals surface area contributed by atoms with Gasteiger partial charge in [-0.1, -0.05) is 30.3 Å². The summed E-state index contributed by atoms with van der Waals surface area (Å²) >= 11 is 0. The second kappa shape index (κ2) is 9.61. The molecule has 0 fully saturated rings. The number of alkyl halides is 3. The van der Waals surface area contributed by atoms with Gasteiger partial charge in [-0.05, 0) is 43.3 Å². The number of para-hydroxylation sites is 1. The van der Waals surface area contributed by atoms with Crippen LogP contribution in [0.4, 0.5) is 18.9 Å². The molecule has 11 heteroatoms. The van der Waals surface area contributed by atoms with Crippen molar-refractivity contribution >= 4 is 17.6 Å². The minimum absolute atomic E-state index is 0.0267. The number of aromatic nitrogens is 2. The van der Waals surface area contributed by atoms with E-state index >= 15 is 0 Å². The predicted octanol–water partition coefficient (Wildman–Crippen LogP) is 4.56. The number of carbonyl (C=O) groups excluding carboxylic acids is 2. The first kappa shape index (κ1) is 24.6. The third-order valence-electron chi connectivity index (χ3n) is 5.43. The van der Waals surface area contributed by atoms with Gasteiger partial charge in [0, 0.05) is 12.6 Å². The number of hydrogen-bond donors (Lipinski definition) is 1. The van der Waals surface area contributed by atoms with Crippen molar-refractivity contribution in [3.05, 3.63) is 94.1 Å². The van der Waals surface area contributed by atoms with E-state index in [4.69, 9.17) is 9.15 Å². The first-order chi connectivity index (χ1) is 17.1. The molecule has 0 spiro atoms. The van der Waals surface area contributed by atoms with Crippen molar-refractivity contribution in [3.63, 3.8) is 0 Å². The van der Waals surface area contributed by atoms with Crippen molar-refractivity contribution in [2.75, 3.05) is 11.9 Å². The second-order valence-corrected chi connectivity index (χ2v) is 7.80. The number of nitrogens with zero attached hydrogens (tertiary/aromatic N) is 2. The van der Waals surface area contributed by atoms with Gasteiger partial charge in [-0.3, -0.25) is 14.3 Å². The normalized spacial score (nSPS) is 11.4. The van der Waals surface area contributed by atoms with E-state index in [9.17, 15) is 27.6 Å². The highest BCUT2D eigenvalue weighted by Gasteiger charge is 2.30. The monoisotopic (exact) mass is 499 g/mol. The molecule has 4 rings (SSSR count). The molecule has 8 nitrogen and oxygen atoms in total. The lowest BCUT2D eigenvalue weighted by molar-refractivity contribution is -0.137. The number of ether oxygens (including phenoxy) is 1. The van der Waals surface area contributed by atoms with Crippen LogP contribution in [0.5, 0.6) is 0 Å². The van der Waals surface area contributed by atoms with Crippen LogP contribution >= 0.6 is 0 Å². The van der Waals surface area contributed by atoms with Crippen LogP contribution in [0.15, 0.2) is 75.9 Å². The van der Waals surface area contributed by atoms with Gasteiger partial charge in [0.2, 0.25) is 5.76 Å². The van der Waals surface area contributed by atoms with Crippen LogP contribution in [0.2, 0.25) is 0 Å². The first-order valence-electron chi connectivity index (χ1n) is 10.6. The Hall–Kier alpha value is -4.54. The molecule has 0 saturated carbocycles. The molecule has 0 aliphatic rings. The van der Waals surface area contributed by atoms with E-state index < -0.39 is 35.8 Å². The zero-order valence-electron chi connectivity index (χ0n) is 19.1. The maximum Gasteiger partial charge on any atom is 0.416 e. The Morgan fingerprint density at radius 1 is 1.03 bits per heavy atom. The molecule has 36 heavy (non-hydrogen) atoms. The number of rotatable bonds is 6. The van der Waals surface area contributed by atoms with Gasteiger partial charge in [-0.15, -0.1) is 0 Å². The summed E-state index contributed by atoms with van der Waals surface area (Å²) in [5.41, 5.74) is -0.0739. The van der Waals surface area contributed by atoms with Gasteiger partial charge in [-0.2, -0.15) is 13.2 Å². The van der Waals surface area contributed by atoms with Gasteiger partial charge in [0.1, 0.15) is 11.4 Å². The van der Waals surface area contributed by atoms with Crippen molar-refractivity contribution < 1.29 is 31.9 Å². The van der Waals surface area contributed by atoms with Crippen LogP contribution in [0.25, 0.3) is 17.0 Å². The Kier molecular flexibility index (Phi) is 6.56. The van der Waals surface area contributed by atoms with Gasteiger partial charge < -0.3 is 14.5 Å². The molecule has 1 amide bonds. The SMILES string of the molecule is Cc1c(NC(=O)COC(=O)c2ccc(-c3cccc(C(F)(F)F)c3)o2)c(=O)n(-c2ccccc2)n1C. The minimum Gasteiger partial charge on any atom is -0.450 e. The predicted molar refractivity (Wildman–Crippen MR) is 124 cm³/mol. The van der Waals surface area contributed by atoms with Crippen LogP contribution in [-0.4, -0.2) is 27.8 Å². The topological polar surface area (TPSA) is 95.5 Å². The smallest absolute Gasteiger partial charge is 0.416 e. The van der Waals surface area contributed by atoms with Gasteiger partial charge in [0.05, 0.1) is 16.9 Å². The lowest BCUT2D eigenvalue weighted by Gasteiger charge is -2.07. The number of nitrogens with one attached hydrogen (secondary N) is 1. The van der Waals surface area contributed by atoms with E-state index in [2.05, 4.69) is 5.32 Å². The number of carbonyl (C=O) groups is 2. The summed E-state index contributed by atoms with van der Waals surface area (Å²) in [6.07, 6.45) is -4.53. The van der Waals surface area contributed by atoms with E-state index in [1.165, 1.54) is 28.9 Å². The number of benzene rings is 2. The summed E-state index contributed by atoms with van der Waals surface area (Å²) in [4.78, 5) is 37.6. The standard InChI is InChI=1S/C25H20F3N3O5/c1-15-22(23(33)31(30(15)2)18-9-4-3-5-10-18)29-21(32)14-35-24(34)20-12-11-19(36-20)16-7-6-8-17(13-16)25(26,27)28/h3-13H,14H2,1-2H3,(H,29,32). The molecule has 0 radical (unpaired) electrons. The van der Waals surface area contributed by atoms with E-state index in [0.29, 0.717) is 11.4 Å². The number of anilines is 1. The summed E-state index contributed by atoms with van der Waals surface area (Å²) in [5.74, 6) is -2.01. The molecule has 4 aromatic rings. The number of halogens is 3. The summed E-state index contributed by atoms with van der Waals surface area (Å²) in [5, 5.41) is 2.46. The molecule has 0 aliphatic heterocycles. The van der Waals surface area contributed by atoms with E-state index in [1.807, 2.05) is 6.07 Å². The number of esters is 1. The molecule has 0 atom stereocenters. The Morgan fingerprint density at radius 3 is 2.44 bits per heavy atom. The van der Waals surface area contributed by atoms with Crippen LogP contribution in [0.1, 0.15) is 21.8 Å². The molecular weight excluding hydrogens is 479 g/mol. The molecule has 0 saturated heterocycles. The lowest BCUT2D eigenvalue weighted by atomic mass is 10.1. The number of furan rings is 1. The average Bonchev–Trinajstić information content (AvgIpc) is 3.43. The molecular formula is C25H20F3N3O5. The van der Waals surface area contributed by atoms with Gasteiger partial charge in [0.15, 0.2) is 6.61 Å². The Labute approximate surface area is 202 Å². The fourth-order valence-corrected chi connectivity index (χ4v) is 3.54. The molecule has 186 valence electrons. The zero-order valence-corrected chi connectivity index (χ0v) is 19.1. The van der Waals surface area contributed by atoms with Crippen molar-refractivity contribution in [2.24, 2.45) is 7.05 Å². The Balaban J connectivity index is 1.42. The molecule has 1 N–H and O–H groups in total. The van der Waals surface area contributed by atoms with Gasteiger partial charge >= 0.3 is 12.1 Å². The van der Waals surface area contributed by atoms with E-state index in [0.717, 1.165) is 12.1 Å². The fourth-order valence-electron chi connectivity index (χ4n) is 3.54. The lowest BCUT2D eigenvalue weighted by Crippen LogP contribution is -2.25. The summed E-state index contributed by atoms with van der Waals surface area (Å²) in [6.45, 7) is 0.943. The highest BCUT2D eigenvalue weighted by molar-refractivity contribution is 5.95. The minimum atomic E-state index is -4.53. The van der Waals surface area contributed by atoms with Crippen LogP contribution in [0, 0.1) is 6.92 Å². The van der Waals surface area contributed by atoms with Crippen LogP contribution < -0.4 is 10.9 Å². The zero-order chi connectivity index (χ0) is 26.0. The molecule has 2 aromatic carbocycles. The highest BCUT2D eigenvalue weighted by Crippen LogP contribution is 2.32. The summed E-state index contributed by atoms with van der Waals surface area (Å²) < 4.78 is 52.1. The third kappa shape index (κ3) is 4.95. The molecule has 0 bridgehead atoms. The van der Waals surface area contributed by atoms with Crippen molar-refractivity contribution in [2.45, 2.75) is 13.1 Å². The van der Waals surface area contributed by atoms with Crippen LogP contribution in [0.3, 0.4) is 0 Å². The number of amides is 1. The quantitative estimate of drug-likeness (QED) is 0.393. The van der Waals surface area contributed by atoms with Crippen LogP contribution in [-0.2, 0) is 22.8 Å². The Morgan fingerprint density at radius 2 is 1.75 bits per heavy atom. The second-order valence-electron chi connectivity index (χ2n) is 7.80.